The summed E-state index contributed by atoms with van der Waals surface area (Å²) in [6, 6.07) is 0. The van der Waals surface area contributed by atoms with Gasteiger partial charge in [-0.05, 0) is 117 Å². The first-order valence-corrected chi connectivity index (χ1v) is 20.4. The van der Waals surface area contributed by atoms with Crippen LogP contribution < -0.4 is 0 Å². The minimum absolute atomic E-state index is 0.109. The first-order chi connectivity index (χ1) is 25.0. The fourth-order valence-electron chi connectivity index (χ4n) is 13.1. The second-order valence-electron chi connectivity index (χ2n) is 19.8. The molecule has 6 aliphatic rings. The molecule has 6 rings (SSSR count). The zero-order chi connectivity index (χ0) is 39.9. The second kappa shape index (κ2) is 15.1. The summed E-state index contributed by atoms with van der Waals surface area (Å²) in [5, 5.41) is 99.1. The van der Waals surface area contributed by atoms with E-state index in [1.54, 1.807) is 0 Å². The number of allylic oxidation sites excluding steroid dienone is 2. The summed E-state index contributed by atoms with van der Waals surface area (Å²) >= 11 is 0. The molecule has 4 saturated carbocycles. The van der Waals surface area contributed by atoms with Crippen LogP contribution in [-0.4, -0.2) is 138 Å². The van der Waals surface area contributed by atoms with E-state index < -0.39 is 84.6 Å². The van der Waals surface area contributed by atoms with Gasteiger partial charge in [-0.1, -0.05) is 46.3 Å². The number of aliphatic hydroxyl groups is 9. The Hall–Kier alpha value is -0.780. The smallest absolute Gasteiger partial charge is 0.187 e. The van der Waals surface area contributed by atoms with Gasteiger partial charge in [-0.25, -0.2) is 0 Å². The molecule has 312 valence electrons. The van der Waals surface area contributed by atoms with Crippen molar-refractivity contribution >= 4 is 0 Å². The van der Waals surface area contributed by atoms with Crippen LogP contribution in [0.1, 0.15) is 107 Å². The van der Waals surface area contributed by atoms with E-state index in [1.807, 2.05) is 20.8 Å². The van der Waals surface area contributed by atoms with Crippen molar-refractivity contribution in [2.45, 2.75) is 186 Å². The lowest BCUT2D eigenvalue weighted by Gasteiger charge is -2.71. The van der Waals surface area contributed by atoms with Gasteiger partial charge in [-0.15, -0.1) is 0 Å². The Balaban J connectivity index is 1.27. The van der Waals surface area contributed by atoms with Crippen LogP contribution >= 0.6 is 0 Å². The van der Waals surface area contributed by atoms with Gasteiger partial charge >= 0.3 is 0 Å². The summed E-state index contributed by atoms with van der Waals surface area (Å²) in [5.74, 6) is -0.398. The highest BCUT2D eigenvalue weighted by Gasteiger charge is 2.73. The van der Waals surface area contributed by atoms with Gasteiger partial charge in [0.15, 0.2) is 12.6 Å². The van der Waals surface area contributed by atoms with E-state index in [4.69, 9.17) is 18.9 Å². The van der Waals surface area contributed by atoms with E-state index in [0.29, 0.717) is 32.1 Å². The predicted molar refractivity (Wildman–Crippen MR) is 196 cm³/mol. The number of hydrogen-bond donors (Lipinski definition) is 9. The van der Waals surface area contributed by atoms with E-state index in [2.05, 4.69) is 40.7 Å². The molecule has 0 bridgehead atoms. The molecule has 20 atom stereocenters. The zero-order valence-electron chi connectivity index (χ0n) is 33.5. The Labute approximate surface area is 320 Å². The molecule has 9 N–H and O–H groups in total. The van der Waals surface area contributed by atoms with Gasteiger partial charge < -0.3 is 64.9 Å². The summed E-state index contributed by atoms with van der Waals surface area (Å²) in [6.07, 6.45) is -7.53. The molecule has 2 aliphatic heterocycles. The van der Waals surface area contributed by atoms with Crippen LogP contribution in [0.2, 0.25) is 0 Å². The number of ether oxygens (including phenoxy) is 4. The van der Waals surface area contributed by atoms with Crippen LogP contribution in [0.25, 0.3) is 0 Å². The molecule has 4 aliphatic carbocycles. The first-order valence-electron chi connectivity index (χ1n) is 20.4. The van der Waals surface area contributed by atoms with Gasteiger partial charge in [0.2, 0.25) is 0 Å². The van der Waals surface area contributed by atoms with Gasteiger partial charge in [0.05, 0.1) is 37.1 Å². The Morgan fingerprint density at radius 3 is 2.11 bits per heavy atom. The lowest BCUT2D eigenvalue weighted by Crippen LogP contribution is -2.70. The average molecular weight is 771 g/mol. The Morgan fingerprint density at radius 2 is 1.44 bits per heavy atom. The molecular formula is C41H70O13. The molecule has 54 heavy (non-hydrogen) atoms. The minimum Gasteiger partial charge on any atom is -0.393 e. The van der Waals surface area contributed by atoms with Crippen LogP contribution in [-0.2, 0) is 18.9 Å². The Bertz CT molecular complexity index is 1360. The summed E-state index contributed by atoms with van der Waals surface area (Å²) in [7, 11) is 0. The van der Waals surface area contributed by atoms with Gasteiger partial charge in [-0.2, -0.15) is 0 Å². The molecule has 13 heteroatoms. The van der Waals surface area contributed by atoms with Gasteiger partial charge in [-0.3, -0.25) is 0 Å². The van der Waals surface area contributed by atoms with E-state index in [0.717, 1.165) is 24.8 Å². The van der Waals surface area contributed by atoms with Crippen molar-refractivity contribution in [3.63, 3.8) is 0 Å². The Morgan fingerprint density at radius 1 is 0.778 bits per heavy atom. The van der Waals surface area contributed by atoms with Crippen LogP contribution in [0.15, 0.2) is 11.6 Å². The van der Waals surface area contributed by atoms with Crippen molar-refractivity contribution in [1.82, 2.24) is 0 Å². The van der Waals surface area contributed by atoms with E-state index >= 15 is 0 Å². The largest absolute Gasteiger partial charge is 0.393 e. The topological polar surface area (TPSA) is 219 Å². The summed E-state index contributed by atoms with van der Waals surface area (Å²) in [4.78, 5) is 0. The summed E-state index contributed by atoms with van der Waals surface area (Å²) < 4.78 is 24.0. The molecule has 0 radical (unpaired) electrons. The number of aliphatic hydroxyl groups excluding tert-OH is 9. The fourth-order valence-corrected chi connectivity index (χ4v) is 13.1. The Kier molecular flexibility index (Phi) is 12.0. The highest BCUT2D eigenvalue weighted by Crippen LogP contribution is 2.76. The van der Waals surface area contributed by atoms with E-state index in [9.17, 15) is 46.0 Å². The van der Waals surface area contributed by atoms with Crippen LogP contribution in [0.3, 0.4) is 0 Å². The molecule has 13 nitrogen and oxygen atoms in total. The highest BCUT2D eigenvalue weighted by atomic mass is 16.7. The maximum absolute atomic E-state index is 12.4. The molecule has 0 unspecified atom stereocenters. The van der Waals surface area contributed by atoms with Crippen molar-refractivity contribution in [3.05, 3.63) is 11.6 Å². The third-order valence-corrected chi connectivity index (χ3v) is 16.2. The van der Waals surface area contributed by atoms with Crippen LogP contribution in [0.5, 0.6) is 0 Å². The molecule has 0 aromatic heterocycles. The second-order valence-corrected chi connectivity index (χ2v) is 19.8. The molecule has 0 aromatic carbocycles. The zero-order valence-corrected chi connectivity index (χ0v) is 33.5. The first kappa shape index (κ1) is 42.8. The standard InChI is InChI=1S/C41H70O13/c1-20(2)10-9-13-41(8,54-36-33(50)31(48)30(47)25(53-36)19-52-35-32(49)29(46)24(44)18-51-35)21-11-15-39(6)28(21)22(42)16-26-38(5)14-12-27(45)37(3,4)34(38)23(43)17-40(26,39)7/h10,21-36,42-50H,9,11-19H2,1-8H3/t21-,22-,23-,24+,25+,26-,27+,28-,29+,30+,31+,32+,33+,34-,35+,36+,38+,39+,40+,41-/m0/s1. The number of hydrogen-bond acceptors (Lipinski definition) is 13. The van der Waals surface area contributed by atoms with Crippen LogP contribution in [0.4, 0.5) is 0 Å². The van der Waals surface area contributed by atoms with Crippen molar-refractivity contribution < 1.29 is 64.9 Å². The quantitative estimate of drug-likeness (QED) is 0.153. The van der Waals surface area contributed by atoms with E-state index in [1.165, 1.54) is 0 Å². The molecule has 2 saturated heterocycles. The molecule has 0 aromatic rings. The predicted octanol–water partition coefficient (Wildman–Crippen LogP) is 1.76. The summed E-state index contributed by atoms with van der Waals surface area (Å²) in [5.41, 5.74) is -1.30. The molecular weight excluding hydrogens is 700 g/mol. The maximum atomic E-state index is 12.4. The molecule has 6 fully saturated rings. The third kappa shape index (κ3) is 6.86. The van der Waals surface area contributed by atoms with Crippen molar-refractivity contribution in [3.8, 4) is 0 Å². The van der Waals surface area contributed by atoms with E-state index in [-0.39, 0.29) is 53.1 Å². The average Bonchev–Trinajstić information content (AvgIpc) is 3.47. The minimum atomic E-state index is -1.66. The monoisotopic (exact) mass is 770 g/mol. The summed E-state index contributed by atoms with van der Waals surface area (Å²) in [6.45, 7) is 16.4. The third-order valence-electron chi connectivity index (χ3n) is 16.2. The number of rotatable bonds is 9. The number of fused-ring (bicyclic) bond motifs is 5. The fraction of sp³-hybridized carbons (Fsp3) is 0.951. The normalized spacial score (nSPS) is 52.8. The highest BCUT2D eigenvalue weighted by molar-refractivity contribution is 5.22. The lowest BCUT2D eigenvalue weighted by molar-refractivity contribution is -0.346. The molecule has 0 amide bonds. The van der Waals surface area contributed by atoms with Crippen LogP contribution in [0, 0.1) is 45.3 Å². The van der Waals surface area contributed by atoms with Gasteiger partial charge in [0.1, 0.15) is 42.7 Å². The van der Waals surface area contributed by atoms with Crippen molar-refractivity contribution in [2.24, 2.45) is 45.3 Å². The SMILES string of the molecule is CC(C)=CCC[C@](C)(O[C@H]1O[C@H](CO[C@H]2OC[C@@H](O)[C@@H](O)[C@H]2O)[C@@H](O)[C@@H](O)[C@H]1O)[C@H]1CC[C@]2(C)[C@@H]1[C@@H](O)C[C@H]1[C@@]3(C)CC[C@@H](O)C(C)(C)[C@@H]3[C@@H](O)C[C@]12C. The molecule has 2 heterocycles. The lowest BCUT2D eigenvalue weighted by atomic mass is 9.34. The molecule has 0 spiro atoms. The van der Waals surface area contributed by atoms with Gasteiger partial charge in [0, 0.05) is 0 Å². The van der Waals surface area contributed by atoms with Crippen molar-refractivity contribution in [1.29, 1.82) is 0 Å². The van der Waals surface area contributed by atoms with Crippen molar-refractivity contribution in [2.75, 3.05) is 13.2 Å². The van der Waals surface area contributed by atoms with Gasteiger partial charge in [0.25, 0.3) is 0 Å². The maximum Gasteiger partial charge on any atom is 0.187 e.